The first kappa shape index (κ1) is 60.2. The molecule has 3 rings (SSSR count). The first-order valence-electron chi connectivity index (χ1n) is 22.7. The number of carbonyl (C=O) groups is 5. The lowest BCUT2D eigenvalue weighted by atomic mass is 10.1. The molecule has 0 aliphatic heterocycles. The monoisotopic (exact) mass is 1030 g/mol. The number of esters is 1. The van der Waals surface area contributed by atoms with Gasteiger partial charge >= 0.3 is 18.2 Å². The largest absolute Gasteiger partial charge is 0.445 e. The molecule has 0 aromatic heterocycles. The standard InChI is InChI=1S/C47H61F5N4O16/c1-62-17-18-64-21-22-66-25-26-68-29-30-69-28-27-67-24-23-65-20-19-63-16-15-54-45(59)42(56-47(61)71-32-34-11-6-3-7-12-34)41(55-46(60)70-31-33-9-4-2-5-10-33)44(58)53-14-8-13-35(57)72-43-39(51)37(49)36(48)38(50)40(43)52/h2-7,9-12,41-42H,8,13-32H2,1H3,(H,53,58)(H,54,59)(H,55,60)(H,56,61)/t41-,42-/m1/s1. The molecule has 3 aromatic carbocycles. The molecule has 0 bridgehead atoms. The summed E-state index contributed by atoms with van der Waals surface area (Å²) in [6.45, 7) is 4.10. The van der Waals surface area contributed by atoms with Gasteiger partial charge in [-0.3, -0.25) is 14.4 Å². The normalized spacial score (nSPS) is 11.9. The predicted molar refractivity (Wildman–Crippen MR) is 242 cm³/mol. The van der Waals surface area contributed by atoms with E-state index in [1.165, 1.54) is 0 Å². The maximum Gasteiger partial charge on any atom is 0.408 e. The van der Waals surface area contributed by atoms with E-state index in [1.807, 2.05) is 0 Å². The van der Waals surface area contributed by atoms with E-state index in [4.69, 9.17) is 47.4 Å². The van der Waals surface area contributed by atoms with Crippen LogP contribution in [0.4, 0.5) is 31.5 Å². The Morgan fingerprint density at radius 3 is 1.19 bits per heavy atom. The van der Waals surface area contributed by atoms with Crippen molar-refractivity contribution in [2.75, 3.05) is 119 Å². The zero-order valence-electron chi connectivity index (χ0n) is 39.7. The van der Waals surface area contributed by atoms with Crippen LogP contribution in [0.3, 0.4) is 0 Å². The number of amides is 4. The third-order valence-electron chi connectivity index (χ3n) is 9.32. The highest BCUT2D eigenvalue weighted by molar-refractivity contribution is 5.96. The molecule has 0 saturated heterocycles. The van der Waals surface area contributed by atoms with Crippen LogP contribution in [0.5, 0.6) is 5.75 Å². The third kappa shape index (κ3) is 24.9. The van der Waals surface area contributed by atoms with Crippen LogP contribution in [0.15, 0.2) is 60.7 Å². The molecular formula is C47H61F5N4O16. The quantitative estimate of drug-likeness (QED) is 0.0160. The second kappa shape index (κ2) is 36.8. The van der Waals surface area contributed by atoms with Crippen LogP contribution in [0, 0.1) is 29.1 Å². The second-order valence-corrected chi connectivity index (χ2v) is 14.7. The SMILES string of the molecule is COCCOCCOCCOCCOCCOCCOCCOCCNC(=O)[C@H](NC(=O)OCc1ccccc1)[C@@H](NC(=O)OCc1ccccc1)C(=O)NCCCC(=O)Oc1c(F)c(F)c(F)c(F)c1F. The molecule has 20 nitrogen and oxygen atoms in total. The van der Waals surface area contributed by atoms with Crippen molar-refractivity contribution in [2.45, 2.75) is 38.1 Å². The average Bonchev–Trinajstić information content (AvgIpc) is 3.39. The zero-order chi connectivity index (χ0) is 52.2. The predicted octanol–water partition coefficient (Wildman–Crippen LogP) is 3.65. The van der Waals surface area contributed by atoms with Crippen molar-refractivity contribution in [3.8, 4) is 5.75 Å². The molecule has 2 atom stereocenters. The van der Waals surface area contributed by atoms with Crippen LogP contribution >= 0.6 is 0 Å². The van der Waals surface area contributed by atoms with E-state index in [2.05, 4.69) is 26.0 Å². The van der Waals surface area contributed by atoms with E-state index < -0.39 is 89.9 Å². The smallest absolute Gasteiger partial charge is 0.408 e. The fourth-order valence-electron chi connectivity index (χ4n) is 5.70. The summed E-state index contributed by atoms with van der Waals surface area (Å²) in [7, 11) is 1.61. The molecule has 0 spiro atoms. The van der Waals surface area contributed by atoms with Gasteiger partial charge in [-0.1, -0.05) is 60.7 Å². The van der Waals surface area contributed by atoms with Crippen LogP contribution in [-0.2, 0) is 75.0 Å². The fourth-order valence-corrected chi connectivity index (χ4v) is 5.70. The minimum absolute atomic E-state index is 0.0559. The van der Waals surface area contributed by atoms with E-state index in [-0.39, 0.29) is 52.6 Å². The zero-order valence-corrected chi connectivity index (χ0v) is 39.7. The number of rotatable bonds is 38. The molecule has 0 saturated carbocycles. The Kier molecular flexibility index (Phi) is 30.8. The highest BCUT2D eigenvalue weighted by Crippen LogP contribution is 2.29. The Hall–Kier alpha value is -6.06. The summed E-state index contributed by atoms with van der Waals surface area (Å²) in [5.74, 6) is -17.2. The Bertz CT molecular complexity index is 2020. The van der Waals surface area contributed by atoms with Gasteiger partial charge in [-0.15, -0.1) is 0 Å². The molecule has 0 aliphatic carbocycles. The Morgan fingerprint density at radius 1 is 0.458 bits per heavy atom. The van der Waals surface area contributed by atoms with Crippen molar-refractivity contribution >= 4 is 30.0 Å². The van der Waals surface area contributed by atoms with E-state index in [1.54, 1.807) is 67.8 Å². The summed E-state index contributed by atoms with van der Waals surface area (Å²) < 4.78 is 127. The number of ether oxygens (including phenoxy) is 11. The first-order chi connectivity index (χ1) is 34.9. The Balaban J connectivity index is 1.48. The van der Waals surface area contributed by atoms with Crippen LogP contribution in [0.25, 0.3) is 0 Å². The average molecular weight is 1030 g/mol. The van der Waals surface area contributed by atoms with Gasteiger partial charge in [-0.25, -0.2) is 22.8 Å². The molecule has 400 valence electrons. The van der Waals surface area contributed by atoms with Crippen molar-refractivity contribution in [3.63, 3.8) is 0 Å². The van der Waals surface area contributed by atoms with Gasteiger partial charge in [-0.2, -0.15) is 8.78 Å². The molecule has 0 unspecified atom stereocenters. The minimum atomic E-state index is -2.45. The Labute approximate surface area is 412 Å². The maximum absolute atomic E-state index is 14.1. The molecule has 4 amide bonds. The maximum atomic E-state index is 14.1. The number of carbonyl (C=O) groups excluding carboxylic acids is 5. The molecule has 0 aliphatic rings. The lowest BCUT2D eigenvalue weighted by Gasteiger charge is -2.27. The molecule has 4 N–H and O–H groups in total. The van der Waals surface area contributed by atoms with Gasteiger partial charge in [-0.05, 0) is 17.5 Å². The van der Waals surface area contributed by atoms with Gasteiger partial charge in [0.05, 0.1) is 99.1 Å². The summed E-state index contributed by atoms with van der Waals surface area (Å²) in [5.41, 5.74) is 1.15. The number of nitrogens with one attached hydrogen (secondary N) is 4. The third-order valence-corrected chi connectivity index (χ3v) is 9.32. The molecule has 25 heteroatoms. The summed E-state index contributed by atoms with van der Waals surface area (Å²) in [4.78, 5) is 66.0. The Morgan fingerprint density at radius 2 is 0.806 bits per heavy atom. The topological polar surface area (TPSA) is 235 Å². The summed E-state index contributed by atoms with van der Waals surface area (Å²) >= 11 is 0. The minimum Gasteiger partial charge on any atom is -0.445 e. The number of alkyl carbamates (subject to hydrolysis) is 2. The van der Waals surface area contributed by atoms with E-state index in [0.717, 1.165) is 0 Å². The molecule has 0 heterocycles. The van der Waals surface area contributed by atoms with E-state index >= 15 is 0 Å². The van der Waals surface area contributed by atoms with Crippen molar-refractivity contribution in [1.29, 1.82) is 0 Å². The first-order valence-corrected chi connectivity index (χ1v) is 22.7. The summed E-state index contributed by atoms with van der Waals surface area (Å²) in [5, 5.41) is 9.43. The number of hydrogen-bond acceptors (Lipinski definition) is 16. The van der Waals surface area contributed by atoms with Crippen LogP contribution < -0.4 is 26.0 Å². The number of methoxy groups -OCH3 is 1. The van der Waals surface area contributed by atoms with Crippen molar-refractivity contribution in [2.24, 2.45) is 0 Å². The van der Waals surface area contributed by atoms with Crippen molar-refractivity contribution in [1.82, 2.24) is 21.3 Å². The van der Waals surface area contributed by atoms with Crippen molar-refractivity contribution < 1.29 is 98.0 Å². The molecule has 0 radical (unpaired) electrons. The van der Waals surface area contributed by atoms with Crippen LogP contribution in [0.2, 0.25) is 0 Å². The van der Waals surface area contributed by atoms with Crippen LogP contribution in [0.1, 0.15) is 24.0 Å². The lowest BCUT2D eigenvalue weighted by Crippen LogP contribution is -2.64. The van der Waals surface area contributed by atoms with Gasteiger partial charge in [0.1, 0.15) is 25.3 Å². The second-order valence-electron chi connectivity index (χ2n) is 14.7. The number of benzene rings is 3. The van der Waals surface area contributed by atoms with Crippen LogP contribution in [-0.4, -0.2) is 161 Å². The van der Waals surface area contributed by atoms with E-state index in [0.29, 0.717) is 83.8 Å². The molecule has 3 aromatic rings. The highest BCUT2D eigenvalue weighted by atomic mass is 19.2. The van der Waals surface area contributed by atoms with Gasteiger partial charge in [0.15, 0.2) is 0 Å². The number of hydrogen-bond donors (Lipinski definition) is 4. The molecule has 72 heavy (non-hydrogen) atoms. The van der Waals surface area contributed by atoms with Gasteiger partial charge in [0.2, 0.25) is 46.6 Å². The van der Waals surface area contributed by atoms with Crippen molar-refractivity contribution in [3.05, 3.63) is 101 Å². The fraction of sp³-hybridized carbons (Fsp3) is 0.511. The molecular weight excluding hydrogens is 972 g/mol. The van der Waals surface area contributed by atoms with Gasteiger partial charge in [0.25, 0.3) is 0 Å². The lowest BCUT2D eigenvalue weighted by molar-refractivity contribution is -0.135. The highest BCUT2D eigenvalue weighted by Gasteiger charge is 2.37. The summed E-state index contributed by atoms with van der Waals surface area (Å²) in [6, 6.07) is 13.1. The molecule has 0 fully saturated rings. The van der Waals surface area contributed by atoms with Gasteiger partial charge in [0, 0.05) is 26.6 Å². The van der Waals surface area contributed by atoms with Gasteiger partial charge < -0.3 is 73.4 Å². The summed E-state index contributed by atoms with van der Waals surface area (Å²) in [6.07, 6.45) is -3.43. The number of halogens is 5. The van der Waals surface area contributed by atoms with E-state index in [9.17, 15) is 45.9 Å².